The summed E-state index contributed by atoms with van der Waals surface area (Å²) in [7, 11) is 0. The molecule has 3 aromatic rings. The third-order valence-electron chi connectivity index (χ3n) is 5.89. The minimum absolute atomic E-state index is 0.00395. The van der Waals surface area contributed by atoms with Crippen LogP contribution in [0.2, 0.25) is 0 Å². The minimum atomic E-state index is -0.254. The van der Waals surface area contributed by atoms with Crippen LogP contribution in [0.25, 0.3) is 10.9 Å². The van der Waals surface area contributed by atoms with Gasteiger partial charge in [-0.2, -0.15) is 0 Å². The number of thioether (sulfide) groups is 1. The third kappa shape index (κ3) is 3.13. The number of benzene rings is 2. The molecular formula is C23H21N3O3S. The zero-order chi connectivity index (χ0) is 20.7. The summed E-state index contributed by atoms with van der Waals surface area (Å²) >= 11 is 1.44. The highest BCUT2D eigenvalue weighted by Crippen LogP contribution is 2.32. The van der Waals surface area contributed by atoms with Crippen LogP contribution in [0, 0.1) is 0 Å². The van der Waals surface area contributed by atoms with Gasteiger partial charge in [0.2, 0.25) is 0 Å². The summed E-state index contributed by atoms with van der Waals surface area (Å²) in [5, 5.41) is 1.30. The van der Waals surface area contributed by atoms with E-state index in [9.17, 15) is 14.4 Å². The number of para-hydroxylation sites is 1. The van der Waals surface area contributed by atoms with Crippen LogP contribution >= 0.6 is 11.8 Å². The lowest BCUT2D eigenvalue weighted by Crippen LogP contribution is -2.32. The van der Waals surface area contributed by atoms with Gasteiger partial charge in [0.1, 0.15) is 0 Å². The number of nitrogens with zero attached hydrogens (tertiary/aromatic N) is 3. The van der Waals surface area contributed by atoms with Gasteiger partial charge < -0.3 is 0 Å². The number of amides is 2. The van der Waals surface area contributed by atoms with Crippen LogP contribution in [0.5, 0.6) is 0 Å². The van der Waals surface area contributed by atoms with Gasteiger partial charge in [-0.15, -0.1) is 0 Å². The standard InChI is InChI=1S/C23H21N3O3S/c27-20-16-9-3-4-10-17(16)21(28)25(20)13-14-30-23-24-19-12-6-5-11-18(19)22(29)26(23)15-7-1-2-8-15/h3-6,9-12,15H,1-2,7-8,13-14H2. The summed E-state index contributed by atoms with van der Waals surface area (Å²) < 4.78 is 1.84. The van der Waals surface area contributed by atoms with Crippen molar-refractivity contribution in [3.8, 4) is 0 Å². The molecule has 30 heavy (non-hydrogen) atoms. The molecule has 2 aliphatic rings. The van der Waals surface area contributed by atoms with E-state index in [-0.39, 0.29) is 30.0 Å². The Balaban J connectivity index is 1.41. The van der Waals surface area contributed by atoms with Crippen molar-refractivity contribution in [1.29, 1.82) is 0 Å². The minimum Gasteiger partial charge on any atom is -0.284 e. The Bertz CT molecular complexity index is 1180. The fourth-order valence-corrected chi connectivity index (χ4v) is 5.37. The molecule has 2 heterocycles. The molecule has 0 bridgehead atoms. The van der Waals surface area contributed by atoms with E-state index in [0.717, 1.165) is 25.7 Å². The number of imide groups is 1. The van der Waals surface area contributed by atoms with E-state index in [4.69, 9.17) is 4.98 Å². The fourth-order valence-electron chi connectivity index (χ4n) is 4.38. The van der Waals surface area contributed by atoms with E-state index in [1.165, 1.54) is 16.7 Å². The summed E-state index contributed by atoms with van der Waals surface area (Å²) in [5.41, 5.74) is 1.59. The molecule has 0 atom stereocenters. The predicted molar refractivity (Wildman–Crippen MR) is 116 cm³/mol. The van der Waals surface area contributed by atoms with Crippen molar-refractivity contribution in [1.82, 2.24) is 14.5 Å². The molecule has 1 aromatic heterocycles. The lowest BCUT2D eigenvalue weighted by Gasteiger charge is -2.19. The molecule has 2 aromatic carbocycles. The van der Waals surface area contributed by atoms with Gasteiger partial charge in [-0.3, -0.25) is 23.9 Å². The second-order valence-corrected chi connectivity index (χ2v) is 8.74. The molecule has 1 aliphatic heterocycles. The Morgan fingerprint density at radius 1 is 0.900 bits per heavy atom. The molecular weight excluding hydrogens is 398 g/mol. The molecule has 5 rings (SSSR count). The molecule has 0 spiro atoms. The summed E-state index contributed by atoms with van der Waals surface area (Å²) in [6.07, 6.45) is 4.18. The number of hydrogen-bond donors (Lipinski definition) is 0. The number of aromatic nitrogens is 2. The van der Waals surface area contributed by atoms with Crippen LogP contribution in [0.3, 0.4) is 0 Å². The van der Waals surface area contributed by atoms with Gasteiger partial charge in [-0.05, 0) is 37.1 Å². The average molecular weight is 420 g/mol. The highest BCUT2D eigenvalue weighted by molar-refractivity contribution is 7.99. The Labute approximate surface area is 177 Å². The van der Waals surface area contributed by atoms with Gasteiger partial charge in [0, 0.05) is 18.3 Å². The van der Waals surface area contributed by atoms with Gasteiger partial charge in [-0.1, -0.05) is 48.9 Å². The first-order chi connectivity index (χ1) is 14.6. The van der Waals surface area contributed by atoms with Gasteiger partial charge >= 0.3 is 0 Å². The predicted octanol–water partition coefficient (Wildman–Crippen LogP) is 3.90. The van der Waals surface area contributed by atoms with E-state index < -0.39 is 0 Å². The highest BCUT2D eigenvalue weighted by Gasteiger charge is 2.34. The zero-order valence-electron chi connectivity index (χ0n) is 16.4. The number of hydrogen-bond acceptors (Lipinski definition) is 5. The maximum absolute atomic E-state index is 13.2. The van der Waals surface area contributed by atoms with Crippen molar-refractivity contribution in [3.63, 3.8) is 0 Å². The Hall–Kier alpha value is -2.93. The lowest BCUT2D eigenvalue weighted by atomic mass is 10.1. The zero-order valence-corrected chi connectivity index (χ0v) is 17.2. The lowest BCUT2D eigenvalue weighted by molar-refractivity contribution is 0.0664. The molecule has 1 saturated carbocycles. The maximum Gasteiger partial charge on any atom is 0.262 e. The summed E-state index contributed by atoms with van der Waals surface area (Å²) in [5.74, 6) is -0.0186. The van der Waals surface area contributed by atoms with E-state index in [2.05, 4.69) is 0 Å². The van der Waals surface area contributed by atoms with E-state index in [0.29, 0.717) is 32.9 Å². The molecule has 0 saturated heterocycles. The van der Waals surface area contributed by atoms with Crippen molar-refractivity contribution >= 4 is 34.5 Å². The van der Waals surface area contributed by atoms with Crippen LogP contribution in [-0.4, -0.2) is 38.6 Å². The summed E-state index contributed by atoms with van der Waals surface area (Å²) in [6, 6.07) is 14.5. The smallest absolute Gasteiger partial charge is 0.262 e. The van der Waals surface area contributed by atoms with Gasteiger partial charge in [0.05, 0.1) is 22.0 Å². The molecule has 152 valence electrons. The number of rotatable bonds is 5. The normalized spacial score (nSPS) is 16.6. The van der Waals surface area contributed by atoms with Gasteiger partial charge in [0.25, 0.3) is 17.4 Å². The van der Waals surface area contributed by atoms with Crippen molar-refractivity contribution in [2.24, 2.45) is 0 Å². The monoisotopic (exact) mass is 419 g/mol. The van der Waals surface area contributed by atoms with Crippen molar-refractivity contribution in [3.05, 3.63) is 70.0 Å². The molecule has 2 amide bonds. The summed E-state index contributed by atoms with van der Waals surface area (Å²) in [6.45, 7) is 0.282. The number of carbonyl (C=O) groups excluding carboxylic acids is 2. The number of fused-ring (bicyclic) bond motifs is 2. The van der Waals surface area contributed by atoms with Crippen LogP contribution in [-0.2, 0) is 0 Å². The quantitative estimate of drug-likeness (QED) is 0.356. The molecule has 7 heteroatoms. The molecule has 1 aliphatic carbocycles. The second-order valence-electron chi connectivity index (χ2n) is 7.68. The SMILES string of the molecule is O=C1c2ccccc2C(=O)N1CCSc1nc2ccccc2c(=O)n1C1CCCC1. The average Bonchev–Trinajstić information content (AvgIpc) is 3.37. The first-order valence-electron chi connectivity index (χ1n) is 10.2. The van der Waals surface area contributed by atoms with Crippen LogP contribution in [0.4, 0.5) is 0 Å². The van der Waals surface area contributed by atoms with E-state index in [1.807, 2.05) is 28.8 Å². The Morgan fingerprint density at radius 3 is 2.23 bits per heavy atom. The summed E-state index contributed by atoms with van der Waals surface area (Å²) in [4.78, 5) is 44.4. The topological polar surface area (TPSA) is 72.3 Å². The second kappa shape index (κ2) is 7.72. The first kappa shape index (κ1) is 19.1. The molecule has 0 unspecified atom stereocenters. The van der Waals surface area contributed by atoms with Gasteiger partial charge in [-0.25, -0.2) is 4.98 Å². The van der Waals surface area contributed by atoms with Crippen LogP contribution < -0.4 is 5.56 Å². The molecule has 1 fully saturated rings. The van der Waals surface area contributed by atoms with Crippen LogP contribution in [0.15, 0.2) is 58.5 Å². The maximum atomic E-state index is 13.2. The van der Waals surface area contributed by atoms with Crippen molar-refractivity contribution < 1.29 is 9.59 Å². The largest absolute Gasteiger partial charge is 0.284 e. The molecule has 6 nitrogen and oxygen atoms in total. The van der Waals surface area contributed by atoms with E-state index in [1.54, 1.807) is 24.3 Å². The molecule has 0 N–H and O–H groups in total. The van der Waals surface area contributed by atoms with Gasteiger partial charge in [0.15, 0.2) is 5.16 Å². The third-order valence-corrected chi connectivity index (χ3v) is 6.82. The Morgan fingerprint density at radius 2 is 1.53 bits per heavy atom. The number of carbonyl (C=O) groups is 2. The van der Waals surface area contributed by atoms with Crippen molar-refractivity contribution in [2.75, 3.05) is 12.3 Å². The van der Waals surface area contributed by atoms with E-state index >= 15 is 0 Å². The van der Waals surface area contributed by atoms with Crippen LogP contribution in [0.1, 0.15) is 52.4 Å². The fraction of sp³-hybridized carbons (Fsp3) is 0.304. The first-order valence-corrected chi connectivity index (χ1v) is 11.2. The Kier molecular flexibility index (Phi) is 4.90. The van der Waals surface area contributed by atoms with Crippen molar-refractivity contribution in [2.45, 2.75) is 36.9 Å². The molecule has 0 radical (unpaired) electrons. The highest BCUT2D eigenvalue weighted by atomic mass is 32.2.